The molecule has 0 amide bonds. The summed E-state index contributed by atoms with van der Waals surface area (Å²) in [4.78, 5) is 22.5. The Morgan fingerprint density at radius 2 is 1.65 bits per heavy atom. The molecule has 0 aliphatic carbocycles. The second kappa shape index (κ2) is 8.59. The van der Waals surface area contributed by atoms with E-state index in [2.05, 4.69) is 4.72 Å². The fraction of sp³-hybridized carbons (Fsp3) is 0.222. The van der Waals surface area contributed by atoms with Gasteiger partial charge in [0.05, 0.1) is 0 Å². The van der Waals surface area contributed by atoms with Crippen molar-refractivity contribution in [3.8, 4) is 5.75 Å². The molecular formula is C18H19NO6S. The van der Waals surface area contributed by atoms with Crippen LogP contribution in [0.4, 0.5) is 0 Å². The summed E-state index contributed by atoms with van der Waals surface area (Å²) in [6.45, 7) is 1.48. The second-order valence-electron chi connectivity index (χ2n) is 5.63. The molecule has 0 saturated carbocycles. The number of carboxylic acids is 1. The van der Waals surface area contributed by atoms with Crippen LogP contribution < -0.4 is 9.46 Å². The van der Waals surface area contributed by atoms with Crippen LogP contribution in [0, 0.1) is 6.92 Å². The maximum atomic E-state index is 12.1. The van der Waals surface area contributed by atoms with Crippen LogP contribution in [0.2, 0.25) is 0 Å². The molecular weight excluding hydrogens is 358 g/mol. The Morgan fingerprint density at radius 1 is 1.04 bits per heavy atom. The van der Waals surface area contributed by atoms with Crippen molar-refractivity contribution in [1.29, 1.82) is 0 Å². The minimum atomic E-state index is -4.10. The van der Waals surface area contributed by atoms with Gasteiger partial charge in [-0.2, -0.15) is 0 Å². The highest BCUT2D eigenvalue weighted by atomic mass is 32.2. The van der Waals surface area contributed by atoms with Gasteiger partial charge in [-0.3, -0.25) is 4.79 Å². The number of carbonyl (C=O) groups is 2. The van der Waals surface area contributed by atoms with Crippen LogP contribution in [0.3, 0.4) is 0 Å². The van der Waals surface area contributed by atoms with Gasteiger partial charge in [0.15, 0.2) is 6.61 Å². The topological polar surface area (TPSA) is 110 Å². The third-order valence-corrected chi connectivity index (χ3v) is 4.83. The number of carboxylic acid groups (broad SMARTS) is 1. The van der Waals surface area contributed by atoms with Crippen LogP contribution in [0.5, 0.6) is 5.75 Å². The van der Waals surface area contributed by atoms with Gasteiger partial charge in [-0.05, 0) is 43.2 Å². The van der Waals surface area contributed by atoms with E-state index < -0.39 is 27.7 Å². The largest absolute Gasteiger partial charge is 0.482 e. The Kier molecular flexibility index (Phi) is 6.48. The third kappa shape index (κ3) is 5.68. The molecule has 138 valence electrons. The predicted octanol–water partition coefficient (Wildman–Crippen LogP) is 1.76. The van der Waals surface area contributed by atoms with Gasteiger partial charge in [-0.25, -0.2) is 17.9 Å². The molecule has 0 atom stereocenters. The Balaban J connectivity index is 1.88. The van der Waals surface area contributed by atoms with Gasteiger partial charge in [-0.15, -0.1) is 0 Å². The molecule has 0 aliphatic heterocycles. The van der Waals surface area contributed by atoms with E-state index in [1.54, 1.807) is 36.4 Å². The summed E-state index contributed by atoms with van der Waals surface area (Å²) < 4.78 is 31.4. The molecule has 0 saturated heterocycles. The zero-order valence-corrected chi connectivity index (χ0v) is 15.0. The highest BCUT2D eigenvalue weighted by Crippen LogP contribution is 2.13. The lowest BCUT2D eigenvalue weighted by Gasteiger charge is -2.07. The predicted molar refractivity (Wildman–Crippen MR) is 95.7 cm³/mol. The van der Waals surface area contributed by atoms with Crippen molar-refractivity contribution in [3.05, 3.63) is 65.2 Å². The first-order valence-electron chi connectivity index (χ1n) is 7.82. The Labute approximate surface area is 151 Å². The van der Waals surface area contributed by atoms with Crippen LogP contribution in [0.15, 0.2) is 48.5 Å². The van der Waals surface area contributed by atoms with Gasteiger partial charge in [0.1, 0.15) is 5.75 Å². The molecule has 7 nitrogen and oxygen atoms in total. The normalized spacial score (nSPS) is 11.1. The number of aryl methyl sites for hydroxylation is 1. The quantitative estimate of drug-likeness (QED) is 0.725. The van der Waals surface area contributed by atoms with E-state index >= 15 is 0 Å². The molecule has 2 aromatic carbocycles. The van der Waals surface area contributed by atoms with Crippen LogP contribution in [-0.4, -0.2) is 37.8 Å². The third-order valence-electron chi connectivity index (χ3n) is 3.52. The summed E-state index contributed by atoms with van der Waals surface area (Å²) >= 11 is 0. The van der Waals surface area contributed by atoms with Crippen LogP contribution >= 0.6 is 0 Å². The molecule has 2 aromatic rings. The summed E-state index contributed by atoms with van der Waals surface area (Å²) in [5.41, 5.74) is 1.86. The van der Waals surface area contributed by atoms with E-state index in [4.69, 9.17) is 9.84 Å². The van der Waals surface area contributed by atoms with E-state index in [0.29, 0.717) is 12.2 Å². The Morgan fingerprint density at radius 3 is 2.23 bits per heavy atom. The molecule has 0 heterocycles. The molecule has 26 heavy (non-hydrogen) atoms. The summed E-state index contributed by atoms with van der Waals surface area (Å²) in [7, 11) is -4.10. The Bertz CT molecular complexity index is 873. The fourth-order valence-electron chi connectivity index (χ4n) is 2.14. The number of sulfonamides is 1. The standard InChI is InChI=1S/C18H19NO6S/c1-13-2-6-15(7-3-13)18(22)26(23,24)19-11-10-14-4-8-16(9-5-14)25-12-17(20)21/h2-9,19H,10-12H2,1H3,(H,20,21). The van der Waals surface area contributed by atoms with Gasteiger partial charge < -0.3 is 9.84 Å². The maximum absolute atomic E-state index is 12.1. The van der Waals surface area contributed by atoms with Crippen molar-refractivity contribution in [1.82, 2.24) is 4.72 Å². The zero-order valence-electron chi connectivity index (χ0n) is 14.1. The minimum absolute atomic E-state index is 0.0647. The van der Waals surface area contributed by atoms with Gasteiger partial charge in [-0.1, -0.05) is 29.8 Å². The number of rotatable bonds is 8. The lowest BCUT2D eigenvalue weighted by molar-refractivity contribution is -0.139. The Hall–Kier alpha value is -2.71. The molecule has 8 heteroatoms. The SMILES string of the molecule is Cc1ccc(C(=O)S(=O)(=O)NCCc2ccc(OCC(=O)O)cc2)cc1. The summed E-state index contributed by atoms with van der Waals surface area (Å²) in [6.07, 6.45) is 0.375. The highest BCUT2D eigenvalue weighted by molar-refractivity contribution is 8.04. The number of hydrogen-bond acceptors (Lipinski definition) is 5. The number of nitrogens with one attached hydrogen (secondary N) is 1. The second-order valence-corrected chi connectivity index (χ2v) is 7.29. The lowest BCUT2D eigenvalue weighted by atomic mass is 10.1. The average molecular weight is 377 g/mol. The first kappa shape index (κ1) is 19.6. The van der Waals surface area contributed by atoms with Crippen molar-refractivity contribution < 1.29 is 27.9 Å². The zero-order chi connectivity index (χ0) is 19.2. The summed E-state index contributed by atoms with van der Waals surface area (Å²) in [5.74, 6) is -0.659. The molecule has 0 fully saturated rings. The first-order chi connectivity index (χ1) is 12.3. The number of ether oxygens (including phenoxy) is 1. The minimum Gasteiger partial charge on any atom is -0.482 e. The van der Waals surface area contributed by atoms with Gasteiger partial charge in [0.25, 0.3) is 15.1 Å². The van der Waals surface area contributed by atoms with E-state index in [1.165, 1.54) is 12.1 Å². The van der Waals surface area contributed by atoms with E-state index in [1.807, 2.05) is 6.92 Å². The van der Waals surface area contributed by atoms with Crippen LogP contribution in [-0.2, 0) is 21.2 Å². The molecule has 0 unspecified atom stereocenters. The average Bonchev–Trinajstić information content (AvgIpc) is 2.61. The van der Waals surface area contributed by atoms with Gasteiger partial charge >= 0.3 is 5.97 Å². The lowest BCUT2D eigenvalue weighted by Crippen LogP contribution is -2.32. The molecule has 0 aromatic heterocycles. The molecule has 2 N–H and O–H groups in total. The number of carbonyl (C=O) groups excluding carboxylic acids is 1. The van der Waals surface area contributed by atoms with Crippen LogP contribution in [0.25, 0.3) is 0 Å². The van der Waals surface area contributed by atoms with Crippen LogP contribution in [0.1, 0.15) is 21.5 Å². The smallest absolute Gasteiger partial charge is 0.341 e. The fourth-order valence-corrected chi connectivity index (χ4v) is 3.09. The van der Waals surface area contributed by atoms with Crippen molar-refractivity contribution in [3.63, 3.8) is 0 Å². The summed E-state index contributed by atoms with van der Waals surface area (Å²) in [5, 5.41) is 7.58. The molecule has 2 rings (SSSR count). The van der Waals surface area contributed by atoms with E-state index in [9.17, 15) is 18.0 Å². The molecule has 0 radical (unpaired) electrons. The van der Waals surface area contributed by atoms with Gasteiger partial charge in [0, 0.05) is 12.1 Å². The van der Waals surface area contributed by atoms with Crippen molar-refractivity contribution in [2.24, 2.45) is 0 Å². The van der Waals surface area contributed by atoms with Crippen molar-refractivity contribution in [2.75, 3.05) is 13.2 Å². The first-order valence-corrected chi connectivity index (χ1v) is 9.30. The number of hydrogen-bond donors (Lipinski definition) is 2. The van der Waals surface area contributed by atoms with E-state index in [-0.39, 0.29) is 12.1 Å². The van der Waals surface area contributed by atoms with Crippen molar-refractivity contribution >= 4 is 21.1 Å². The number of benzene rings is 2. The molecule has 0 bridgehead atoms. The monoisotopic (exact) mass is 377 g/mol. The maximum Gasteiger partial charge on any atom is 0.341 e. The number of aliphatic carboxylic acids is 1. The van der Waals surface area contributed by atoms with Gasteiger partial charge in [0.2, 0.25) is 0 Å². The van der Waals surface area contributed by atoms with Crippen molar-refractivity contribution in [2.45, 2.75) is 13.3 Å². The summed E-state index contributed by atoms with van der Waals surface area (Å²) in [6, 6.07) is 12.9. The van der Waals surface area contributed by atoms with E-state index in [0.717, 1.165) is 11.1 Å². The molecule has 0 spiro atoms. The highest BCUT2D eigenvalue weighted by Gasteiger charge is 2.22. The molecule has 0 aliphatic rings.